The largest absolute Gasteiger partial charge is 0.480 e. The summed E-state index contributed by atoms with van der Waals surface area (Å²) in [7, 11) is 0. The summed E-state index contributed by atoms with van der Waals surface area (Å²) >= 11 is 0. The Kier molecular flexibility index (Phi) is 4.32. The standard InChI is InChI=1S/C14H24N2O3/c1-11-7-3-6-10-16(11)13(19)15-14(12(17)18)8-4-2-5-9-14/h11H,2-10H2,1H3,(H,15,19)(H,17,18). The SMILES string of the molecule is CC1CCCCN1C(=O)NC1(C(=O)O)CCCCC1. The van der Waals surface area contributed by atoms with E-state index in [-0.39, 0.29) is 12.1 Å². The lowest BCUT2D eigenvalue weighted by atomic mass is 9.82. The molecule has 0 bridgehead atoms. The molecule has 2 rings (SSSR count). The number of piperidine rings is 1. The molecule has 1 aliphatic heterocycles. The molecule has 1 saturated heterocycles. The maximum Gasteiger partial charge on any atom is 0.329 e. The second kappa shape index (κ2) is 5.80. The molecule has 2 N–H and O–H groups in total. The van der Waals surface area contributed by atoms with Crippen molar-refractivity contribution in [2.24, 2.45) is 0 Å². The van der Waals surface area contributed by atoms with Gasteiger partial charge in [0.15, 0.2) is 0 Å². The number of nitrogens with zero attached hydrogens (tertiary/aromatic N) is 1. The molecule has 0 aromatic carbocycles. The van der Waals surface area contributed by atoms with Gasteiger partial charge in [-0.25, -0.2) is 9.59 Å². The number of carboxylic acids is 1. The molecule has 1 saturated carbocycles. The van der Waals surface area contributed by atoms with E-state index >= 15 is 0 Å². The summed E-state index contributed by atoms with van der Waals surface area (Å²) in [6.07, 6.45) is 7.09. The van der Waals surface area contributed by atoms with Crippen molar-refractivity contribution in [2.75, 3.05) is 6.54 Å². The van der Waals surface area contributed by atoms with E-state index in [2.05, 4.69) is 5.32 Å². The Morgan fingerprint density at radius 3 is 2.42 bits per heavy atom. The van der Waals surface area contributed by atoms with Crippen LogP contribution in [0, 0.1) is 0 Å². The number of urea groups is 1. The first-order valence-electron chi connectivity index (χ1n) is 7.37. The Hall–Kier alpha value is -1.26. The predicted molar refractivity (Wildman–Crippen MR) is 72.0 cm³/mol. The molecule has 5 heteroatoms. The van der Waals surface area contributed by atoms with Gasteiger partial charge in [0, 0.05) is 12.6 Å². The Morgan fingerprint density at radius 1 is 1.16 bits per heavy atom. The van der Waals surface area contributed by atoms with E-state index in [0.29, 0.717) is 12.8 Å². The number of hydrogen-bond donors (Lipinski definition) is 2. The van der Waals surface area contributed by atoms with Gasteiger partial charge in [-0.1, -0.05) is 19.3 Å². The Morgan fingerprint density at radius 2 is 1.84 bits per heavy atom. The van der Waals surface area contributed by atoms with Crippen molar-refractivity contribution in [2.45, 2.75) is 69.9 Å². The molecule has 1 heterocycles. The first-order valence-corrected chi connectivity index (χ1v) is 7.37. The molecule has 1 aliphatic carbocycles. The molecule has 0 aromatic rings. The van der Waals surface area contributed by atoms with Gasteiger partial charge < -0.3 is 15.3 Å². The minimum atomic E-state index is -1.04. The van der Waals surface area contributed by atoms with E-state index < -0.39 is 11.5 Å². The number of hydrogen-bond acceptors (Lipinski definition) is 2. The second-order valence-corrected chi connectivity index (χ2v) is 5.92. The normalized spacial score (nSPS) is 26.8. The second-order valence-electron chi connectivity index (χ2n) is 5.92. The average Bonchev–Trinajstić information content (AvgIpc) is 2.40. The number of likely N-dealkylation sites (tertiary alicyclic amines) is 1. The maximum absolute atomic E-state index is 12.3. The monoisotopic (exact) mass is 268 g/mol. The third-order valence-corrected chi connectivity index (χ3v) is 4.53. The smallest absolute Gasteiger partial charge is 0.329 e. The van der Waals surface area contributed by atoms with Gasteiger partial charge in [0.1, 0.15) is 5.54 Å². The Balaban J connectivity index is 2.04. The zero-order valence-corrected chi connectivity index (χ0v) is 11.7. The molecule has 0 spiro atoms. The van der Waals surface area contributed by atoms with Gasteiger partial charge >= 0.3 is 12.0 Å². The molecule has 2 fully saturated rings. The number of carboxylic acid groups (broad SMARTS) is 1. The van der Waals surface area contributed by atoms with Crippen LogP contribution in [0.4, 0.5) is 4.79 Å². The summed E-state index contributed by atoms with van der Waals surface area (Å²) in [5.41, 5.74) is -1.04. The molecule has 19 heavy (non-hydrogen) atoms. The highest BCUT2D eigenvalue weighted by Crippen LogP contribution is 2.29. The van der Waals surface area contributed by atoms with Crippen molar-refractivity contribution in [1.29, 1.82) is 0 Å². The van der Waals surface area contributed by atoms with E-state index in [1.807, 2.05) is 6.92 Å². The number of nitrogens with one attached hydrogen (secondary N) is 1. The zero-order chi connectivity index (χ0) is 13.9. The van der Waals surface area contributed by atoms with E-state index in [4.69, 9.17) is 0 Å². The molecule has 0 radical (unpaired) electrons. The third kappa shape index (κ3) is 3.01. The number of aliphatic carboxylic acids is 1. The molecular formula is C14H24N2O3. The predicted octanol–water partition coefficient (Wildman–Crippen LogP) is 2.36. The van der Waals surface area contributed by atoms with Crippen molar-refractivity contribution in [3.63, 3.8) is 0 Å². The molecular weight excluding hydrogens is 244 g/mol. The summed E-state index contributed by atoms with van der Waals surface area (Å²) in [5, 5.41) is 12.3. The van der Waals surface area contributed by atoms with E-state index in [9.17, 15) is 14.7 Å². The lowest BCUT2D eigenvalue weighted by Gasteiger charge is -2.39. The topological polar surface area (TPSA) is 69.6 Å². The third-order valence-electron chi connectivity index (χ3n) is 4.53. The van der Waals surface area contributed by atoms with Crippen LogP contribution >= 0.6 is 0 Å². The van der Waals surface area contributed by atoms with Crippen LogP contribution in [0.15, 0.2) is 0 Å². The van der Waals surface area contributed by atoms with Gasteiger partial charge in [0.05, 0.1) is 0 Å². The van der Waals surface area contributed by atoms with Crippen LogP contribution in [-0.4, -0.2) is 40.1 Å². The first-order chi connectivity index (χ1) is 9.05. The van der Waals surface area contributed by atoms with Crippen molar-refractivity contribution in [3.8, 4) is 0 Å². The van der Waals surface area contributed by atoms with E-state index in [0.717, 1.165) is 45.1 Å². The highest BCUT2D eigenvalue weighted by molar-refractivity contribution is 5.86. The number of amides is 2. The van der Waals surface area contributed by atoms with Crippen molar-refractivity contribution in [1.82, 2.24) is 10.2 Å². The van der Waals surface area contributed by atoms with Crippen LogP contribution in [0.1, 0.15) is 58.3 Å². The van der Waals surface area contributed by atoms with Crippen LogP contribution in [0.25, 0.3) is 0 Å². The van der Waals surface area contributed by atoms with Crippen LogP contribution in [0.3, 0.4) is 0 Å². The molecule has 1 atom stereocenters. The lowest BCUT2D eigenvalue weighted by Crippen LogP contribution is -2.60. The summed E-state index contributed by atoms with van der Waals surface area (Å²) in [6, 6.07) is 0.0136. The van der Waals surface area contributed by atoms with Gasteiger partial charge in [-0.15, -0.1) is 0 Å². The summed E-state index contributed by atoms with van der Waals surface area (Å²) in [4.78, 5) is 25.7. The molecule has 2 aliphatic rings. The highest BCUT2D eigenvalue weighted by Gasteiger charge is 2.42. The van der Waals surface area contributed by atoms with E-state index in [1.165, 1.54) is 0 Å². The highest BCUT2D eigenvalue weighted by atomic mass is 16.4. The zero-order valence-electron chi connectivity index (χ0n) is 11.7. The summed E-state index contributed by atoms with van der Waals surface area (Å²) in [5.74, 6) is -0.884. The molecule has 5 nitrogen and oxygen atoms in total. The van der Waals surface area contributed by atoms with Crippen molar-refractivity contribution >= 4 is 12.0 Å². The Bertz CT molecular complexity index is 351. The lowest BCUT2D eigenvalue weighted by molar-refractivity contribution is -0.146. The quantitative estimate of drug-likeness (QED) is 0.807. The van der Waals surface area contributed by atoms with Gasteiger partial charge in [0.25, 0.3) is 0 Å². The fourth-order valence-corrected chi connectivity index (χ4v) is 3.22. The van der Waals surface area contributed by atoms with Crippen LogP contribution in [-0.2, 0) is 4.79 Å². The fourth-order valence-electron chi connectivity index (χ4n) is 3.22. The number of carbonyl (C=O) groups excluding carboxylic acids is 1. The van der Waals surface area contributed by atoms with Crippen molar-refractivity contribution < 1.29 is 14.7 Å². The Labute approximate surface area is 114 Å². The fraction of sp³-hybridized carbons (Fsp3) is 0.857. The van der Waals surface area contributed by atoms with E-state index in [1.54, 1.807) is 4.90 Å². The molecule has 0 aromatic heterocycles. The number of rotatable bonds is 2. The van der Waals surface area contributed by atoms with Gasteiger partial charge in [-0.05, 0) is 39.0 Å². The average molecular weight is 268 g/mol. The van der Waals surface area contributed by atoms with Gasteiger partial charge in [0.2, 0.25) is 0 Å². The summed E-state index contributed by atoms with van der Waals surface area (Å²) < 4.78 is 0. The van der Waals surface area contributed by atoms with Gasteiger partial charge in [-0.3, -0.25) is 0 Å². The molecule has 108 valence electrons. The molecule has 1 unspecified atom stereocenters. The van der Waals surface area contributed by atoms with Crippen LogP contribution in [0.5, 0.6) is 0 Å². The van der Waals surface area contributed by atoms with Gasteiger partial charge in [-0.2, -0.15) is 0 Å². The maximum atomic E-state index is 12.3. The summed E-state index contributed by atoms with van der Waals surface area (Å²) in [6.45, 7) is 2.77. The number of carbonyl (C=O) groups is 2. The van der Waals surface area contributed by atoms with Crippen LogP contribution < -0.4 is 5.32 Å². The van der Waals surface area contributed by atoms with Crippen LogP contribution in [0.2, 0.25) is 0 Å². The molecule has 2 amide bonds. The van der Waals surface area contributed by atoms with Crippen molar-refractivity contribution in [3.05, 3.63) is 0 Å². The minimum Gasteiger partial charge on any atom is -0.480 e. The first kappa shape index (κ1) is 14.2. The minimum absolute atomic E-state index is 0.198.